The van der Waals surface area contributed by atoms with Crippen LogP contribution in [0.1, 0.15) is 34.6 Å². The van der Waals surface area contributed by atoms with Crippen LogP contribution < -0.4 is 5.73 Å². The van der Waals surface area contributed by atoms with Gasteiger partial charge in [0.15, 0.2) is 0 Å². The van der Waals surface area contributed by atoms with Crippen LogP contribution in [0.15, 0.2) is 22.3 Å². The Hall–Kier alpha value is -0.370. The third-order valence-electron chi connectivity index (χ3n) is 1.44. The van der Waals surface area contributed by atoms with Gasteiger partial charge < -0.3 is 5.73 Å². The Labute approximate surface area is 81.1 Å². The summed E-state index contributed by atoms with van der Waals surface area (Å²) >= 11 is 1.73. The molecular formula is C10H21NS. The van der Waals surface area contributed by atoms with Gasteiger partial charge in [-0.2, -0.15) is 0 Å². The van der Waals surface area contributed by atoms with Gasteiger partial charge in [-0.1, -0.05) is 19.9 Å². The molecule has 0 aromatic heterocycles. The summed E-state index contributed by atoms with van der Waals surface area (Å²) in [5, 5.41) is 0. The van der Waals surface area contributed by atoms with Crippen molar-refractivity contribution in [1.82, 2.24) is 0 Å². The average molecular weight is 187 g/mol. The van der Waals surface area contributed by atoms with Crippen molar-refractivity contribution in [3.8, 4) is 0 Å². The maximum Gasteiger partial charge on any atom is 0.00897 e. The number of hydrogen-bond donors (Lipinski definition) is 1. The Bertz CT molecular complexity index is 165. The predicted molar refractivity (Wildman–Crippen MR) is 61.2 cm³/mol. The predicted octanol–water partition coefficient (Wildman–Crippen LogP) is 3.53. The summed E-state index contributed by atoms with van der Waals surface area (Å²) in [5.74, 6) is 0. The first-order valence-corrected chi connectivity index (χ1v) is 5.49. The highest BCUT2D eigenvalue weighted by Crippen LogP contribution is 2.21. The molecule has 0 spiro atoms. The maximum atomic E-state index is 5.61. The molecule has 0 aliphatic heterocycles. The lowest BCUT2D eigenvalue weighted by Gasteiger charge is -2.04. The molecule has 0 amide bonds. The summed E-state index contributed by atoms with van der Waals surface area (Å²) in [7, 11) is 0. The molecule has 0 radical (unpaired) electrons. The molecule has 0 rings (SSSR count). The Morgan fingerprint density at radius 2 is 1.67 bits per heavy atom. The van der Waals surface area contributed by atoms with Crippen molar-refractivity contribution in [2.75, 3.05) is 6.26 Å². The highest BCUT2D eigenvalue weighted by atomic mass is 32.2. The van der Waals surface area contributed by atoms with Crippen molar-refractivity contribution < 1.29 is 0 Å². The van der Waals surface area contributed by atoms with E-state index in [1.165, 1.54) is 10.5 Å². The number of nitrogens with two attached hydrogens (primary N) is 1. The lowest BCUT2D eigenvalue weighted by atomic mass is 10.2. The Morgan fingerprint density at radius 1 is 1.25 bits per heavy atom. The normalized spacial score (nSPS) is 13.0. The van der Waals surface area contributed by atoms with Crippen molar-refractivity contribution >= 4 is 11.8 Å². The third kappa shape index (κ3) is 5.30. The molecular weight excluding hydrogens is 166 g/mol. The maximum absolute atomic E-state index is 5.61. The lowest BCUT2D eigenvalue weighted by molar-refractivity contribution is 1.23. The van der Waals surface area contributed by atoms with Crippen molar-refractivity contribution in [2.24, 2.45) is 5.73 Å². The number of hydrogen-bond acceptors (Lipinski definition) is 2. The van der Waals surface area contributed by atoms with E-state index in [1.807, 2.05) is 34.6 Å². The highest BCUT2D eigenvalue weighted by molar-refractivity contribution is 8.02. The third-order valence-corrected chi connectivity index (χ3v) is 2.42. The van der Waals surface area contributed by atoms with E-state index in [-0.39, 0.29) is 0 Å². The zero-order valence-corrected chi connectivity index (χ0v) is 9.88. The molecule has 0 aromatic rings. The smallest absolute Gasteiger partial charge is 0.00897 e. The second kappa shape index (κ2) is 8.72. The van der Waals surface area contributed by atoms with E-state index in [4.69, 9.17) is 5.73 Å². The molecule has 12 heavy (non-hydrogen) atoms. The standard InChI is InChI=1S/C8H15NS.C2H6/c1-5-8(10-4)6(2)7(3)9;1-2/h5H,9H2,1-4H3;1-2H3/b7-6-,8-5+;. The van der Waals surface area contributed by atoms with Crippen LogP contribution in [0.2, 0.25) is 0 Å². The minimum Gasteiger partial charge on any atom is -0.402 e. The topological polar surface area (TPSA) is 26.0 Å². The van der Waals surface area contributed by atoms with Gasteiger partial charge in [0, 0.05) is 10.6 Å². The summed E-state index contributed by atoms with van der Waals surface area (Å²) in [6.07, 6.45) is 4.14. The van der Waals surface area contributed by atoms with Crippen molar-refractivity contribution in [1.29, 1.82) is 0 Å². The van der Waals surface area contributed by atoms with Gasteiger partial charge in [0.25, 0.3) is 0 Å². The van der Waals surface area contributed by atoms with Crippen LogP contribution in [0, 0.1) is 0 Å². The van der Waals surface area contributed by atoms with Gasteiger partial charge in [-0.3, -0.25) is 0 Å². The van der Waals surface area contributed by atoms with E-state index < -0.39 is 0 Å². The van der Waals surface area contributed by atoms with E-state index >= 15 is 0 Å². The molecule has 1 nitrogen and oxygen atoms in total. The van der Waals surface area contributed by atoms with Gasteiger partial charge in [-0.05, 0) is 32.6 Å². The van der Waals surface area contributed by atoms with Crippen molar-refractivity contribution in [2.45, 2.75) is 34.6 Å². The molecule has 0 bridgehead atoms. The molecule has 0 atom stereocenters. The average Bonchev–Trinajstić information content (AvgIpc) is 2.10. The summed E-state index contributed by atoms with van der Waals surface area (Å²) in [4.78, 5) is 1.26. The second-order valence-electron chi connectivity index (χ2n) is 2.17. The van der Waals surface area contributed by atoms with Crippen molar-refractivity contribution in [3.63, 3.8) is 0 Å². The summed E-state index contributed by atoms with van der Waals surface area (Å²) < 4.78 is 0. The summed E-state index contributed by atoms with van der Waals surface area (Å²) in [6, 6.07) is 0. The van der Waals surface area contributed by atoms with Crippen LogP contribution >= 0.6 is 11.8 Å². The van der Waals surface area contributed by atoms with Crippen LogP contribution in [0.25, 0.3) is 0 Å². The van der Waals surface area contributed by atoms with E-state index in [2.05, 4.69) is 12.3 Å². The van der Waals surface area contributed by atoms with Gasteiger partial charge in [-0.25, -0.2) is 0 Å². The molecule has 0 saturated carbocycles. The number of thioether (sulfide) groups is 1. The molecule has 72 valence electrons. The SMILES string of the molecule is C/C=C(SC)\C(C)=C(\C)N.CC. The minimum absolute atomic E-state index is 0.905. The Kier molecular flexibility index (Phi) is 10.3. The number of allylic oxidation sites excluding steroid dienone is 3. The fraction of sp³-hybridized carbons (Fsp3) is 0.600. The second-order valence-corrected chi connectivity index (χ2v) is 3.01. The molecule has 0 fully saturated rings. The highest BCUT2D eigenvalue weighted by Gasteiger charge is 1.97. The first-order valence-electron chi connectivity index (χ1n) is 4.27. The molecule has 0 unspecified atom stereocenters. The first-order chi connectivity index (χ1) is 5.63. The quantitative estimate of drug-likeness (QED) is 0.669. The fourth-order valence-corrected chi connectivity index (χ4v) is 1.38. The molecule has 2 heteroatoms. The van der Waals surface area contributed by atoms with Crippen LogP contribution in [0.4, 0.5) is 0 Å². The minimum atomic E-state index is 0.905. The van der Waals surface area contributed by atoms with E-state index in [0.29, 0.717) is 0 Å². The molecule has 0 heterocycles. The van der Waals surface area contributed by atoms with Gasteiger partial charge >= 0.3 is 0 Å². The number of rotatable bonds is 2. The molecule has 2 N–H and O–H groups in total. The lowest BCUT2D eigenvalue weighted by Crippen LogP contribution is -1.96. The molecule has 0 aliphatic rings. The largest absolute Gasteiger partial charge is 0.402 e. The van der Waals surface area contributed by atoms with Gasteiger partial charge in [0.05, 0.1) is 0 Å². The van der Waals surface area contributed by atoms with Crippen LogP contribution in [0.5, 0.6) is 0 Å². The van der Waals surface area contributed by atoms with E-state index in [9.17, 15) is 0 Å². The van der Waals surface area contributed by atoms with Crippen molar-refractivity contribution in [3.05, 3.63) is 22.3 Å². The summed E-state index contributed by atoms with van der Waals surface area (Å²) in [5.41, 5.74) is 7.71. The van der Waals surface area contributed by atoms with Gasteiger partial charge in [0.2, 0.25) is 0 Å². The van der Waals surface area contributed by atoms with Gasteiger partial charge in [-0.15, -0.1) is 11.8 Å². The molecule has 0 aromatic carbocycles. The summed E-state index contributed by atoms with van der Waals surface area (Å²) in [6.45, 7) is 9.99. The fourth-order valence-electron chi connectivity index (χ4n) is 0.682. The van der Waals surface area contributed by atoms with Crippen LogP contribution in [-0.2, 0) is 0 Å². The molecule has 0 saturated heterocycles. The zero-order valence-electron chi connectivity index (χ0n) is 9.06. The van der Waals surface area contributed by atoms with Crippen LogP contribution in [-0.4, -0.2) is 6.26 Å². The zero-order chi connectivity index (χ0) is 10.1. The van der Waals surface area contributed by atoms with E-state index in [1.54, 1.807) is 11.8 Å². The molecule has 0 aliphatic carbocycles. The Balaban J connectivity index is 0. The Morgan fingerprint density at radius 3 is 1.75 bits per heavy atom. The first kappa shape index (κ1) is 14.2. The van der Waals surface area contributed by atoms with Crippen LogP contribution in [0.3, 0.4) is 0 Å². The van der Waals surface area contributed by atoms with E-state index in [0.717, 1.165) is 5.70 Å². The monoisotopic (exact) mass is 187 g/mol. The van der Waals surface area contributed by atoms with Gasteiger partial charge in [0.1, 0.15) is 0 Å².